The van der Waals surface area contributed by atoms with Crippen LogP contribution in [0.2, 0.25) is 5.02 Å². The van der Waals surface area contributed by atoms with Crippen LogP contribution in [0, 0.1) is 0 Å². The van der Waals surface area contributed by atoms with Crippen LogP contribution in [0.1, 0.15) is 13.3 Å². The van der Waals surface area contributed by atoms with Crippen molar-refractivity contribution in [2.45, 2.75) is 19.4 Å². The number of hydrogen-bond acceptors (Lipinski definition) is 5. The average Bonchev–Trinajstić information content (AvgIpc) is 2.74. The highest BCUT2D eigenvalue weighted by Crippen LogP contribution is 2.27. The Hall–Kier alpha value is -2.50. The fraction of sp³-hybridized carbons (Fsp3) is 0.286. The van der Waals surface area contributed by atoms with Crippen molar-refractivity contribution in [3.63, 3.8) is 0 Å². The Morgan fingerprint density at radius 3 is 2.74 bits per heavy atom. The van der Waals surface area contributed by atoms with Gasteiger partial charge in [-0.2, -0.15) is 0 Å². The lowest BCUT2D eigenvalue weighted by molar-refractivity contribution is 0.445. The molecule has 138 valence electrons. The number of nitrogens with one attached hydrogen (secondary N) is 1. The van der Waals surface area contributed by atoms with Gasteiger partial charge in [-0.3, -0.25) is 4.98 Å². The van der Waals surface area contributed by atoms with Crippen LogP contribution < -0.4 is 10.2 Å². The van der Waals surface area contributed by atoms with Crippen molar-refractivity contribution in [3.8, 4) is 22.6 Å². The third kappa shape index (κ3) is 4.10. The minimum atomic E-state index is 0.481. The summed E-state index contributed by atoms with van der Waals surface area (Å²) in [5.74, 6) is 1.64. The SMILES string of the molecule is CCC1CN(c2cc(-c3ccc(Cl)cc3)nc(-c3cccnc3)n2)CCN1. The fourth-order valence-electron chi connectivity index (χ4n) is 3.30. The van der Waals surface area contributed by atoms with Crippen molar-refractivity contribution < 1.29 is 0 Å². The quantitative estimate of drug-likeness (QED) is 0.741. The standard InChI is InChI=1S/C21H22ClN5/c1-2-18-14-27(11-10-24-18)20-12-19(15-5-7-17(22)8-6-15)25-21(26-20)16-4-3-9-23-13-16/h3-9,12-13,18,24H,2,10-11,14H2,1H3. The molecular formula is C21H22ClN5. The molecule has 0 spiro atoms. The van der Waals surface area contributed by atoms with E-state index in [9.17, 15) is 0 Å². The van der Waals surface area contributed by atoms with Crippen LogP contribution in [-0.4, -0.2) is 40.6 Å². The summed E-state index contributed by atoms with van der Waals surface area (Å²) >= 11 is 6.06. The van der Waals surface area contributed by atoms with E-state index in [4.69, 9.17) is 21.6 Å². The third-order valence-corrected chi connectivity index (χ3v) is 5.10. The lowest BCUT2D eigenvalue weighted by Crippen LogP contribution is -2.50. The first-order chi connectivity index (χ1) is 13.2. The number of aromatic nitrogens is 3. The van der Waals surface area contributed by atoms with Gasteiger partial charge in [0, 0.05) is 60.3 Å². The first-order valence-electron chi connectivity index (χ1n) is 9.26. The summed E-state index contributed by atoms with van der Waals surface area (Å²) in [4.78, 5) is 16.2. The first kappa shape index (κ1) is 17.9. The molecule has 0 bridgehead atoms. The normalized spacial score (nSPS) is 17.1. The van der Waals surface area contributed by atoms with Crippen LogP contribution in [0.15, 0.2) is 54.9 Å². The highest BCUT2D eigenvalue weighted by molar-refractivity contribution is 6.30. The van der Waals surface area contributed by atoms with Gasteiger partial charge >= 0.3 is 0 Å². The van der Waals surface area contributed by atoms with E-state index in [2.05, 4.69) is 28.2 Å². The number of benzene rings is 1. The number of nitrogens with zero attached hydrogens (tertiary/aromatic N) is 4. The molecule has 1 aromatic carbocycles. The van der Waals surface area contributed by atoms with Gasteiger partial charge < -0.3 is 10.2 Å². The van der Waals surface area contributed by atoms with E-state index < -0.39 is 0 Å². The van der Waals surface area contributed by atoms with Crippen LogP contribution in [0.3, 0.4) is 0 Å². The van der Waals surface area contributed by atoms with E-state index in [1.807, 2.05) is 36.4 Å². The van der Waals surface area contributed by atoms with Crippen LogP contribution >= 0.6 is 11.6 Å². The highest BCUT2D eigenvalue weighted by atomic mass is 35.5. The Morgan fingerprint density at radius 1 is 1.15 bits per heavy atom. The van der Waals surface area contributed by atoms with Gasteiger partial charge in [-0.25, -0.2) is 9.97 Å². The number of pyridine rings is 1. The smallest absolute Gasteiger partial charge is 0.163 e. The van der Waals surface area contributed by atoms with Gasteiger partial charge in [0.25, 0.3) is 0 Å². The average molecular weight is 380 g/mol. The summed E-state index contributed by atoms with van der Waals surface area (Å²) in [5.41, 5.74) is 2.83. The second kappa shape index (κ2) is 8.03. The third-order valence-electron chi connectivity index (χ3n) is 4.84. The molecule has 4 rings (SSSR count). The summed E-state index contributed by atoms with van der Waals surface area (Å²) in [6, 6.07) is 14.2. The van der Waals surface area contributed by atoms with Gasteiger partial charge in [-0.05, 0) is 30.7 Å². The topological polar surface area (TPSA) is 53.9 Å². The van der Waals surface area contributed by atoms with Crippen LogP contribution in [-0.2, 0) is 0 Å². The van der Waals surface area contributed by atoms with Crippen LogP contribution in [0.5, 0.6) is 0 Å². The predicted octanol–water partition coefficient (Wildman–Crippen LogP) is 4.05. The van der Waals surface area contributed by atoms with Gasteiger partial charge in [0.15, 0.2) is 5.82 Å². The number of anilines is 1. The monoisotopic (exact) mass is 379 g/mol. The van der Waals surface area contributed by atoms with Crippen molar-refractivity contribution in [3.05, 3.63) is 59.9 Å². The van der Waals surface area contributed by atoms with E-state index in [1.54, 1.807) is 12.4 Å². The molecule has 1 aliphatic rings. The molecule has 3 aromatic rings. The molecule has 6 heteroatoms. The van der Waals surface area contributed by atoms with Crippen molar-refractivity contribution in [2.75, 3.05) is 24.5 Å². The summed E-state index contributed by atoms with van der Waals surface area (Å²) in [6.07, 6.45) is 4.66. The lowest BCUT2D eigenvalue weighted by atomic mass is 10.1. The Labute approximate surface area is 164 Å². The number of piperazine rings is 1. The van der Waals surface area contributed by atoms with Crippen LogP contribution in [0.4, 0.5) is 5.82 Å². The van der Waals surface area contributed by atoms with Crippen molar-refractivity contribution >= 4 is 17.4 Å². The van der Waals surface area contributed by atoms with Crippen molar-refractivity contribution in [1.82, 2.24) is 20.3 Å². The van der Waals surface area contributed by atoms with Gasteiger partial charge in [-0.1, -0.05) is 30.7 Å². The predicted molar refractivity (Wildman–Crippen MR) is 110 cm³/mol. The van der Waals surface area contributed by atoms with E-state index in [0.29, 0.717) is 16.9 Å². The molecule has 0 saturated carbocycles. The zero-order valence-corrected chi connectivity index (χ0v) is 16.0. The molecule has 3 heterocycles. The summed E-state index contributed by atoms with van der Waals surface area (Å²) in [7, 11) is 0. The second-order valence-electron chi connectivity index (χ2n) is 6.69. The first-order valence-corrected chi connectivity index (χ1v) is 9.64. The summed E-state index contributed by atoms with van der Waals surface area (Å²) < 4.78 is 0. The molecule has 0 aliphatic carbocycles. The molecular weight excluding hydrogens is 358 g/mol. The van der Waals surface area contributed by atoms with Gasteiger partial charge in [-0.15, -0.1) is 0 Å². The molecule has 1 N–H and O–H groups in total. The minimum Gasteiger partial charge on any atom is -0.354 e. The number of hydrogen-bond donors (Lipinski definition) is 1. The Bertz CT molecular complexity index is 898. The molecule has 1 aliphatic heterocycles. The van der Waals surface area contributed by atoms with Gasteiger partial charge in [0.05, 0.1) is 5.69 Å². The maximum absolute atomic E-state index is 6.06. The zero-order valence-electron chi connectivity index (χ0n) is 15.3. The van der Waals surface area contributed by atoms with Crippen molar-refractivity contribution in [2.24, 2.45) is 0 Å². The minimum absolute atomic E-state index is 0.481. The maximum atomic E-state index is 6.06. The van der Waals surface area contributed by atoms with Crippen molar-refractivity contribution in [1.29, 1.82) is 0 Å². The largest absolute Gasteiger partial charge is 0.354 e. The molecule has 2 aromatic heterocycles. The van der Waals surface area contributed by atoms with E-state index in [-0.39, 0.29) is 0 Å². The van der Waals surface area contributed by atoms with Gasteiger partial charge in [0.2, 0.25) is 0 Å². The molecule has 1 unspecified atom stereocenters. The molecule has 1 fully saturated rings. The van der Waals surface area contributed by atoms with E-state index >= 15 is 0 Å². The number of rotatable bonds is 4. The molecule has 0 amide bonds. The molecule has 1 atom stereocenters. The van der Waals surface area contributed by atoms with Gasteiger partial charge in [0.1, 0.15) is 5.82 Å². The Morgan fingerprint density at radius 2 is 2.00 bits per heavy atom. The molecule has 0 radical (unpaired) electrons. The second-order valence-corrected chi connectivity index (χ2v) is 7.13. The maximum Gasteiger partial charge on any atom is 0.163 e. The molecule has 27 heavy (non-hydrogen) atoms. The highest BCUT2D eigenvalue weighted by Gasteiger charge is 2.20. The zero-order chi connectivity index (χ0) is 18.6. The Balaban J connectivity index is 1.78. The molecule has 1 saturated heterocycles. The summed E-state index contributed by atoms with van der Waals surface area (Å²) in [6.45, 7) is 5.04. The molecule has 5 nitrogen and oxygen atoms in total. The Kier molecular flexibility index (Phi) is 5.32. The van der Waals surface area contributed by atoms with E-state index in [1.165, 1.54) is 0 Å². The fourth-order valence-corrected chi connectivity index (χ4v) is 3.42. The lowest BCUT2D eigenvalue weighted by Gasteiger charge is -2.34. The van der Waals surface area contributed by atoms with E-state index in [0.717, 1.165) is 48.7 Å². The number of halogens is 1. The van der Waals surface area contributed by atoms with Crippen LogP contribution in [0.25, 0.3) is 22.6 Å². The summed E-state index contributed by atoms with van der Waals surface area (Å²) in [5, 5.41) is 4.27.